The molecule has 1 nitrogen and oxygen atoms in total. The fraction of sp³-hybridized carbons (Fsp3) is 0.400. The Kier molecular flexibility index (Phi) is 4.48. The first kappa shape index (κ1) is 11.6. The summed E-state index contributed by atoms with van der Waals surface area (Å²) in [5.74, 6) is -1.56. The molecule has 0 atom stereocenters. The van der Waals surface area contributed by atoms with Gasteiger partial charge in [0.25, 0.3) is 0 Å². The molecular formula is C10H12BrF2N. The van der Waals surface area contributed by atoms with E-state index in [1.807, 2.05) is 11.9 Å². The second kappa shape index (κ2) is 5.41. The van der Waals surface area contributed by atoms with Gasteiger partial charge in [-0.05, 0) is 31.2 Å². The van der Waals surface area contributed by atoms with E-state index in [2.05, 4.69) is 15.9 Å². The van der Waals surface area contributed by atoms with E-state index < -0.39 is 11.6 Å². The Morgan fingerprint density at radius 2 is 2.00 bits per heavy atom. The van der Waals surface area contributed by atoms with Crippen LogP contribution in [-0.4, -0.2) is 23.9 Å². The molecule has 78 valence electrons. The fourth-order valence-electron chi connectivity index (χ4n) is 1.07. The van der Waals surface area contributed by atoms with Crippen LogP contribution >= 0.6 is 15.9 Å². The smallest absolute Gasteiger partial charge is 0.159 e. The maximum absolute atomic E-state index is 12.8. The van der Waals surface area contributed by atoms with Gasteiger partial charge < -0.3 is 0 Å². The maximum atomic E-state index is 12.8. The second-order valence-corrected chi connectivity index (χ2v) is 3.70. The van der Waals surface area contributed by atoms with Gasteiger partial charge >= 0.3 is 0 Å². The zero-order chi connectivity index (χ0) is 10.6. The first-order chi connectivity index (χ1) is 6.63. The number of likely N-dealkylation sites (N-methyl/N-ethyl adjacent to an activating group) is 1. The normalized spacial score (nSPS) is 10.9. The summed E-state index contributed by atoms with van der Waals surface area (Å²) in [6.07, 6.45) is 0.722. The minimum absolute atomic E-state index is 0.722. The summed E-state index contributed by atoms with van der Waals surface area (Å²) in [5.41, 5.74) is 1.59. The Morgan fingerprint density at radius 1 is 1.29 bits per heavy atom. The lowest BCUT2D eigenvalue weighted by Gasteiger charge is -2.12. The van der Waals surface area contributed by atoms with Crippen molar-refractivity contribution in [3.63, 3.8) is 0 Å². The van der Waals surface area contributed by atoms with Gasteiger partial charge in [0.15, 0.2) is 11.6 Å². The molecule has 0 amide bonds. The molecular weight excluding hydrogens is 252 g/mol. The molecule has 1 rings (SSSR count). The molecule has 4 heteroatoms. The lowest BCUT2D eigenvalue weighted by atomic mass is 10.1. The molecule has 0 saturated heterocycles. The van der Waals surface area contributed by atoms with E-state index in [0.717, 1.165) is 24.0 Å². The lowest BCUT2D eigenvalue weighted by Crippen LogP contribution is -2.19. The number of hydrogen-bond acceptors (Lipinski definition) is 1. The van der Waals surface area contributed by atoms with Crippen LogP contribution in [0.2, 0.25) is 0 Å². The molecule has 0 aliphatic rings. The third-order valence-corrected chi connectivity index (χ3v) is 2.83. The van der Waals surface area contributed by atoms with Gasteiger partial charge in [-0.3, -0.25) is 4.90 Å². The lowest BCUT2D eigenvalue weighted by molar-refractivity contribution is 0.400. The molecule has 0 unspecified atom stereocenters. The minimum Gasteiger partial charge on any atom is -0.296 e. The van der Waals surface area contributed by atoms with Gasteiger partial charge in [-0.15, -0.1) is 0 Å². The van der Waals surface area contributed by atoms with Crippen LogP contribution in [-0.2, 0) is 6.42 Å². The van der Waals surface area contributed by atoms with Crippen molar-refractivity contribution in [3.05, 3.63) is 35.4 Å². The Labute approximate surface area is 90.8 Å². The van der Waals surface area contributed by atoms with Crippen molar-refractivity contribution in [1.82, 2.24) is 4.90 Å². The molecule has 0 radical (unpaired) electrons. The van der Waals surface area contributed by atoms with Crippen molar-refractivity contribution in [3.8, 4) is 0 Å². The molecule has 14 heavy (non-hydrogen) atoms. The van der Waals surface area contributed by atoms with E-state index in [9.17, 15) is 8.78 Å². The molecule has 1 aromatic rings. The van der Waals surface area contributed by atoms with Gasteiger partial charge in [-0.2, -0.15) is 0 Å². The summed E-state index contributed by atoms with van der Waals surface area (Å²) in [7, 11) is 1.95. The monoisotopic (exact) mass is 263 g/mol. The first-order valence-corrected chi connectivity index (χ1v) is 5.44. The summed E-state index contributed by atoms with van der Waals surface area (Å²) in [6, 6.07) is 4.02. The number of rotatable bonds is 4. The Bertz CT molecular complexity index is 304. The van der Waals surface area contributed by atoms with Crippen molar-refractivity contribution in [2.24, 2.45) is 0 Å². The predicted molar refractivity (Wildman–Crippen MR) is 56.5 cm³/mol. The molecule has 0 aromatic heterocycles. The van der Waals surface area contributed by atoms with Crippen LogP contribution in [0.1, 0.15) is 5.56 Å². The van der Waals surface area contributed by atoms with Crippen molar-refractivity contribution in [1.29, 1.82) is 0 Å². The molecule has 0 spiro atoms. The van der Waals surface area contributed by atoms with Gasteiger partial charge in [0.05, 0.1) is 5.45 Å². The largest absolute Gasteiger partial charge is 0.296 e. The topological polar surface area (TPSA) is 3.24 Å². The third kappa shape index (κ3) is 3.35. The third-order valence-electron chi connectivity index (χ3n) is 1.97. The van der Waals surface area contributed by atoms with E-state index in [1.54, 1.807) is 6.07 Å². The molecule has 0 saturated carbocycles. The Balaban J connectivity index is 2.55. The minimum atomic E-state index is -0.789. The average Bonchev–Trinajstić information content (AvgIpc) is 2.19. The molecule has 0 N–H and O–H groups in total. The molecule has 0 bridgehead atoms. The van der Waals surface area contributed by atoms with Crippen molar-refractivity contribution < 1.29 is 8.78 Å². The fourth-order valence-corrected chi connectivity index (χ4v) is 1.33. The quantitative estimate of drug-likeness (QED) is 0.597. The summed E-state index contributed by atoms with van der Waals surface area (Å²) >= 11 is 3.31. The van der Waals surface area contributed by atoms with Crippen LogP contribution in [0.5, 0.6) is 0 Å². The highest BCUT2D eigenvalue weighted by atomic mass is 79.9. The van der Waals surface area contributed by atoms with Gasteiger partial charge in [-0.1, -0.05) is 22.0 Å². The molecule has 0 fully saturated rings. The van der Waals surface area contributed by atoms with Crippen molar-refractivity contribution >= 4 is 15.9 Å². The standard InChI is InChI=1S/C10H12BrF2N/c1-14(7-11)5-4-8-2-3-9(12)10(13)6-8/h2-3,6H,4-5,7H2,1H3. The highest BCUT2D eigenvalue weighted by Crippen LogP contribution is 2.09. The van der Waals surface area contributed by atoms with Gasteiger partial charge in [0.2, 0.25) is 0 Å². The van der Waals surface area contributed by atoms with Crippen LogP contribution in [0.3, 0.4) is 0 Å². The summed E-state index contributed by atoms with van der Waals surface area (Å²) in [5, 5.41) is 0. The molecule has 1 aromatic carbocycles. The van der Waals surface area contributed by atoms with Gasteiger partial charge in [-0.25, -0.2) is 8.78 Å². The van der Waals surface area contributed by atoms with Gasteiger partial charge in [0, 0.05) is 6.54 Å². The van der Waals surface area contributed by atoms with E-state index in [-0.39, 0.29) is 0 Å². The molecule has 0 aliphatic heterocycles. The number of hydrogen-bond donors (Lipinski definition) is 0. The number of nitrogens with zero attached hydrogens (tertiary/aromatic N) is 1. The van der Waals surface area contributed by atoms with E-state index in [1.165, 1.54) is 12.1 Å². The van der Waals surface area contributed by atoms with Crippen molar-refractivity contribution in [2.45, 2.75) is 6.42 Å². The Hall–Kier alpha value is -0.480. The Morgan fingerprint density at radius 3 is 2.57 bits per heavy atom. The summed E-state index contributed by atoms with van der Waals surface area (Å²) in [6.45, 7) is 0.816. The van der Waals surface area contributed by atoms with E-state index in [4.69, 9.17) is 0 Å². The molecule has 0 heterocycles. The average molecular weight is 264 g/mol. The van der Waals surface area contributed by atoms with Crippen molar-refractivity contribution in [2.75, 3.05) is 19.0 Å². The van der Waals surface area contributed by atoms with Crippen LogP contribution in [0, 0.1) is 11.6 Å². The highest BCUT2D eigenvalue weighted by molar-refractivity contribution is 9.09. The van der Waals surface area contributed by atoms with E-state index in [0.29, 0.717) is 0 Å². The van der Waals surface area contributed by atoms with Gasteiger partial charge in [0.1, 0.15) is 0 Å². The zero-order valence-corrected chi connectivity index (χ0v) is 9.52. The second-order valence-electron chi connectivity index (χ2n) is 3.20. The van der Waals surface area contributed by atoms with E-state index >= 15 is 0 Å². The zero-order valence-electron chi connectivity index (χ0n) is 7.93. The predicted octanol–water partition coefficient (Wildman–Crippen LogP) is 2.79. The number of alkyl halides is 1. The maximum Gasteiger partial charge on any atom is 0.159 e. The van der Waals surface area contributed by atoms with Crippen LogP contribution in [0.25, 0.3) is 0 Å². The van der Waals surface area contributed by atoms with Crippen LogP contribution in [0.15, 0.2) is 18.2 Å². The number of benzene rings is 1. The number of halogens is 3. The highest BCUT2D eigenvalue weighted by Gasteiger charge is 2.03. The summed E-state index contributed by atoms with van der Waals surface area (Å²) < 4.78 is 25.4. The van der Waals surface area contributed by atoms with Crippen LogP contribution < -0.4 is 0 Å². The first-order valence-electron chi connectivity index (χ1n) is 4.32. The SMILES string of the molecule is CN(CBr)CCc1ccc(F)c(F)c1. The molecule has 0 aliphatic carbocycles. The van der Waals surface area contributed by atoms with Crippen LogP contribution in [0.4, 0.5) is 8.78 Å². The summed E-state index contributed by atoms with van der Waals surface area (Å²) in [4.78, 5) is 2.04.